The molecule has 0 saturated heterocycles. The molecule has 108 valence electrons. The van der Waals surface area contributed by atoms with Gasteiger partial charge in [0.1, 0.15) is 0 Å². The van der Waals surface area contributed by atoms with Crippen molar-refractivity contribution in [2.75, 3.05) is 5.32 Å². The number of fused-ring (bicyclic) bond motifs is 1. The zero-order valence-electron chi connectivity index (χ0n) is 10.5. The number of nitrogens with one attached hydrogen (secondary N) is 3. The summed E-state index contributed by atoms with van der Waals surface area (Å²) in [5, 5.41) is 3.28. The van der Waals surface area contributed by atoms with Gasteiger partial charge < -0.3 is 15.3 Å². The first-order valence-electron chi connectivity index (χ1n) is 5.97. The lowest BCUT2D eigenvalue weighted by Gasteiger charge is -2.06. The maximum absolute atomic E-state index is 11.3. The molecule has 0 spiro atoms. The maximum Gasteiger partial charge on any atom is 0.314 e. The van der Waals surface area contributed by atoms with Crippen LogP contribution in [-0.4, -0.2) is 9.97 Å². The van der Waals surface area contributed by atoms with E-state index in [1.165, 1.54) is 4.88 Å². The van der Waals surface area contributed by atoms with Crippen LogP contribution in [-0.2, 0) is 6.54 Å². The van der Waals surface area contributed by atoms with E-state index in [2.05, 4.69) is 47.1 Å². The van der Waals surface area contributed by atoms with Crippen molar-refractivity contribution in [3.63, 3.8) is 0 Å². The van der Waals surface area contributed by atoms with Crippen LogP contribution in [0.5, 0.6) is 0 Å². The summed E-state index contributed by atoms with van der Waals surface area (Å²) in [6, 6.07) is 7.45. The minimum Gasteiger partial charge on any atom is -0.380 e. The molecule has 0 saturated carbocycles. The molecule has 1 aromatic carbocycles. The van der Waals surface area contributed by atoms with Crippen molar-refractivity contribution in [1.82, 2.24) is 9.97 Å². The van der Waals surface area contributed by atoms with E-state index in [1.54, 1.807) is 23.5 Å². The summed E-state index contributed by atoms with van der Waals surface area (Å²) >= 11 is 8.56. The fourth-order valence-corrected chi connectivity index (χ4v) is 4.01. The molecule has 3 rings (SSSR count). The molecule has 21 heavy (non-hydrogen) atoms. The fraction of sp³-hybridized carbons (Fsp3) is 0.0769. The summed E-state index contributed by atoms with van der Waals surface area (Å²) in [4.78, 5) is 28.8. The number of benzene rings is 1. The average Bonchev–Trinajstić information content (AvgIpc) is 2.77. The summed E-state index contributed by atoms with van der Waals surface area (Å²) in [6.07, 6.45) is 0. The van der Waals surface area contributed by atoms with Gasteiger partial charge in [0.15, 0.2) is 0 Å². The highest BCUT2D eigenvalue weighted by molar-refractivity contribution is 9.13. The van der Waals surface area contributed by atoms with Crippen molar-refractivity contribution >= 4 is 59.9 Å². The topological polar surface area (TPSA) is 77.8 Å². The van der Waals surface area contributed by atoms with Crippen molar-refractivity contribution in [3.8, 4) is 0 Å². The molecule has 2 aromatic heterocycles. The van der Waals surface area contributed by atoms with E-state index in [4.69, 9.17) is 0 Å². The molecule has 0 bridgehead atoms. The van der Waals surface area contributed by atoms with E-state index in [-0.39, 0.29) is 0 Å². The Balaban J connectivity index is 1.86. The molecule has 3 N–H and O–H groups in total. The largest absolute Gasteiger partial charge is 0.380 e. The molecule has 0 unspecified atom stereocenters. The van der Waals surface area contributed by atoms with Gasteiger partial charge in [-0.15, -0.1) is 11.3 Å². The number of aromatic nitrogens is 2. The Hall–Kier alpha value is -1.38. The Morgan fingerprint density at radius 2 is 1.76 bits per heavy atom. The van der Waals surface area contributed by atoms with Gasteiger partial charge in [0.2, 0.25) is 0 Å². The molecule has 0 aliphatic carbocycles. The first kappa shape index (κ1) is 14.6. The predicted octanol–water partition coefficient (Wildman–Crippen LogP) is 3.42. The van der Waals surface area contributed by atoms with Crippen LogP contribution in [0.2, 0.25) is 0 Å². The van der Waals surface area contributed by atoms with Crippen LogP contribution >= 0.6 is 43.2 Å². The zero-order valence-corrected chi connectivity index (χ0v) is 14.5. The van der Waals surface area contributed by atoms with Gasteiger partial charge in [-0.3, -0.25) is 9.59 Å². The van der Waals surface area contributed by atoms with Crippen molar-refractivity contribution in [3.05, 3.63) is 58.1 Å². The summed E-state index contributed by atoms with van der Waals surface area (Å²) < 4.78 is 2.09. The van der Waals surface area contributed by atoms with Gasteiger partial charge in [-0.25, -0.2) is 0 Å². The van der Waals surface area contributed by atoms with Crippen LogP contribution in [0.15, 0.2) is 42.1 Å². The van der Waals surface area contributed by atoms with Crippen molar-refractivity contribution in [1.29, 1.82) is 0 Å². The number of halogens is 2. The zero-order chi connectivity index (χ0) is 15.0. The van der Waals surface area contributed by atoms with Crippen LogP contribution in [0.4, 0.5) is 5.69 Å². The SMILES string of the molecule is O=c1[nH]c2ccc(NCc3cc(Br)c(Br)s3)cc2[nH]c1=O. The minimum absolute atomic E-state index is 0.596. The average molecular weight is 431 g/mol. The van der Waals surface area contributed by atoms with Gasteiger partial charge in [0, 0.05) is 21.6 Å². The third-order valence-electron chi connectivity index (χ3n) is 2.89. The quantitative estimate of drug-likeness (QED) is 0.557. The third-order valence-corrected chi connectivity index (χ3v) is 6.14. The van der Waals surface area contributed by atoms with E-state index in [1.807, 2.05) is 12.1 Å². The highest BCUT2D eigenvalue weighted by atomic mass is 79.9. The number of aromatic amines is 2. The summed E-state index contributed by atoms with van der Waals surface area (Å²) in [5.41, 5.74) is 0.776. The number of hydrogen-bond donors (Lipinski definition) is 3. The summed E-state index contributed by atoms with van der Waals surface area (Å²) in [6.45, 7) is 0.675. The standard InChI is InChI=1S/C13H9Br2N3O2S/c14-8-4-7(21-11(8)15)5-16-6-1-2-9-10(3-6)18-13(20)12(19)17-9/h1-4,16H,5H2,(H,17,19)(H,18,20). The lowest BCUT2D eigenvalue weighted by atomic mass is 10.2. The lowest BCUT2D eigenvalue weighted by molar-refractivity contribution is 1.14. The van der Waals surface area contributed by atoms with Crippen LogP contribution in [0, 0.1) is 0 Å². The highest BCUT2D eigenvalue weighted by Crippen LogP contribution is 2.32. The summed E-state index contributed by atoms with van der Waals surface area (Å²) in [7, 11) is 0. The van der Waals surface area contributed by atoms with Gasteiger partial charge in [-0.1, -0.05) is 0 Å². The Morgan fingerprint density at radius 1 is 1.05 bits per heavy atom. The predicted molar refractivity (Wildman–Crippen MR) is 92.2 cm³/mol. The molecular formula is C13H9Br2N3O2S. The molecule has 0 amide bonds. The molecule has 0 aliphatic rings. The fourth-order valence-electron chi connectivity index (χ4n) is 1.89. The molecule has 8 heteroatoms. The monoisotopic (exact) mass is 429 g/mol. The van der Waals surface area contributed by atoms with E-state index in [0.29, 0.717) is 17.6 Å². The van der Waals surface area contributed by atoms with Gasteiger partial charge in [-0.2, -0.15) is 0 Å². The van der Waals surface area contributed by atoms with E-state index in [9.17, 15) is 9.59 Å². The van der Waals surface area contributed by atoms with Crippen molar-refractivity contribution < 1.29 is 0 Å². The smallest absolute Gasteiger partial charge is 0.314 e. The molecule has 0 aliphatic heterocycles. The summed E-state index contributed by atoms with van der Waals surface area (Å²) in [5.74, 6) is 0. The highest BCUT2D eigenvalue weighted by Gasteiger charge is 2.05. The number of hydrogen-bond acceptors (Lipinski definition) is 4. The van der Waals surface area contributed by atoms with Crippen molar-refractivity contribution in [2.45, 2.75) is 6.54 Å². The Kier molecular flexibility index (Phi) is 4.01. The number of anilines is 1. The van der Waals surface area contributed by atoms with Gasteiger partial charge in [-0.05, 0) is 56.1 Å². The second-order valence-electron chi connectivity index (χ2n) is 4.36. The minimum atomic E-state index is -0.647. The Morgan fingerprint density at radius 3 is 2.43 bits per heavy atom. The van der Waals surface area contributed by atoms with Crippen LogP contribution in [0.1, 0.15) is 4.88 Å². The van der Waals surface area contributed by atoms with Crippen LogP contribution < -0.4 is 16.4 Å². The number of rotatable bonds is 3. The normalized spacial score (nSPS) is 11.0. The Bertz CT molecular complexity index is 910. The Labute approximate surface area is 139 Å². The third kappa shape index (κ3) is 3.12. The molecule has 0 fully saturated rings. The van der Waals surface area contributed by atoms with Gasteiger partial charge in [0.05, 0.1) is 14.8 Å². The first-order valence-corrected chi connectivity index (χ1v) is 8.37. The first-order chi connectivity index (χ1) is 10.0. The molecule has 3 aromatic rings. The second-order valence-corrected chi connectivity index (χ2v) is 7.67. The number of thiophene rings is 1. The van der Waals surface area contributed by atoms with Crippen LogP contribution in [0.25, 0.3) is 11.0 Å². The molecule has 0 radical (unpaired) electrons. The van der Waals surface area contributed by atoms with E-state index >= 15 is 0 Å². The van der Waals surface area contributed by atoms with Crippen molar-refractivity contribution in [2.24, 2.45) is 0 Å². The van der Waals surface area contributed by atoms with Gasteiger partial charge in [0.25, 0.3) is 0 Å². The number of H-pyrrole nitrogens is 2. The van der Waals surface area contributed by atoms with E-state index < -0.39 is 11.1 Å². The van der Waals surface area contributed by atoms with Crippen LogP contribution in [0.3, 0.4) is 0 Å². The lowest BCUT2D eigenvalue weighted by Crippen LogP contribution is -2.28. The maximum atomic E-state index is 11.3. The van der Waals surface area contributed by atoms with E-state index in [0.717, 1.165) is 13.9 Å². The molecule has 5 nitrogen and oxygen atoms in total. The van der Waals surface area contributed by atoms with Gasteiger partial charge >= 0.3 is 11.1 Å². The molecular weight excluding hydrogens is 422 g/mol. The molecule has 0 atom stereocenters. The second kappa shape index (κ2) is 5.78. The molecule has 2 heterocycles.